The molecule has 1 heterocycles. The molecule has 0 spiro atoms. The van der Waals surface area contributed by atoms with E-state index in [0.717, 1.165) is 54.0 Å². The van der Waals surface area contributed by atoms with Gasteiger partial charge in [-0.05, 0) is 198 Å². The Bertz CT molecular complexity index is 4010. The number of allylic oxidation sites excluding steroid dienone is 5. The van der Waals surface area contributed by atoms with E-state index in [1.165, 1.54) is 105 Å². The van der Waals surface area contributed by atoms with E-state index in [1.54, 1.807) is 0 Å². The SMILES string of the molecule is CC1CCC/C(c2ccc3c(c2)C(C)(C)c2c-3c3c4c(c5c(c6cccc2c64)-c2ccc(-c4ccc(N(c6ccccc6)c6ccccc6)cn4)cc2C5(C)C)=CCC=C3)=C\C=C/1N(c1ccccc1)c1ccccc1. The Kier molecular flexibility index (Phi) is 10.8. The molecule has 76 heavy (non-hydrogen) atoms. The topological polar surface area (TPSA) is 19.4 Å². The predicted molar refractivity (Wildman–Crippen MR) is 322 cm³/mol. The maximum Gasteiger partial charge on any atom is 0.0703 e. The summed E-state index contributed by atoms with van der Waals surface area (Å²) < 4.78 is 0. The molecular formula is C73H61N3. The minimum absolute atomic E-state index is 0.231. The molecule has 0 saturated heterocycles. The summed E-state index contributed by atoms with van der Waals surface area (Å²) in [5.74, 6) is 0.404. The van der Waals surface area contributed by atoms with Gasteiger partial charge in [0.2, 0.25) is 0 Å². The monoisotopic (exact) mass is 979 g/mol. The number of hydrogen-bond acceptors (Lipinski definition) is 3. The van der Waals surface area contributed by atoms with Gasteiger partial charge in [0.15, 0.2) is 0 Å². The highest BCUT2D eigenvalue weighted by Crippen LogP contribution is 2.58. The van der Waals surface area contributed by atoms with Crippen LogP contribution in [0.4, 0.5) is 28.4 Å². The van der Waals surface area contributed by atoms with Crippen molar-refractivity contribution in [2.45, 2.75) is 71.1 Å². The molecule has 0 radical (unpaired) electrons. The van der Waals surface area contributed by atoms with Gasteiger partial charge in [-0.15, -0.1) is 0 Å². The average molecular weight is 980 g/mol. The van der Waals surface area contributed by atoms with Crippen LogP contribution in [0.1, 0.15) is 93.7 Å². The molecule has 9 aromatic carbocycles. The Morgan fingerprint density at radius 2 is 1.09 bits per heavy atom. The van der Waals surface area contributed by atoms with E-state index in [-0.39, 0.29) is 10.8 Å². The normalized spacial score (nSPS) is 17.9. The van der Waals surface area contributed by atoms with E-state index >= 15 is 0 Å². The van der Waals surface area contributed by atoms with Gasteiger partial charge in [-0.3, -0.25) is 4.98 Å². The van der Waals surface area contributed by atoms with E-state index in [2.05, 4.69) is 263 Å². The lowest BCUT2D eigenvalue weighted by Gasteiger charge is -2.32. The molecule has 368 valence electrons. The molecule has 3 nitrogen and oxygen atoms in total. The van der Waals surface area contributed by atoms with Crippen molar-refractivity contribution in [3.63, 3.8) is 0 Å². The molecule has 0 amide bonds. The first-order chi connectivity index (χ1) is 37.2. The first-order valence-corrected chi connectivity index (χ1v) is 27.4. The Morgan fingerprint density at radius 1 is 0.513 bits per heavy atom. The van der Waals surface area contributed by atoms with Crippen LogP contribution in [0.15, 0.2) is 218 Å². The Hall–Kier alpha value is -8.53. The summed E-state index contributed by atoms with van der Waals surface area (Å²) in [5.41, 5.74) is 23.9. The zero-order chi connectivity index (χ0) is 51.3. The standard InChI is InChI=1S/C73H61N3/c1-47-22-20-23-48(38-43-65(47)76(53-28-14-8-15-29-53)54-30-16-9-17-31-54)49-36-40-56-62(44-49)72(2,3)71-61-35-21-34-59-67(61)66-58(68(56)71)32-18-19-33-60(66)70-69(59)57-41-37-50(45-63(57)73(70,4)5)64-42-39-55(46-74-64)75(51-24-10-6-11-25-51)52-26-12-7-13-27-52/h6-18,21,24-47H,19-20,22-23H2,1-5H3/b48-38+,65-43+. The molecule has 0 saturated carbocycles. The van der Waals surface area contributed by atoms with Gasteiger partial charge in [-0.2, -0.15) is 0 Å². The van der Waals surface area contributed by atoms with Crippen LogP contribution >= 0.6 is 0 Å². The minimum Gasteiger partial charge on any atom is -0.314 e. The summed E-state index contributed by atoms with van der Waals surface area (Å²) in [6.45, 7) is 12.3. The lowest BCUT2D eigenvalue weighted by molar-refractivity contribution is 0.575. The van der Waals surface area contributed by atoms with E-state index in [4.69, 9.17) is 4.98 Å². The highest BCUT2D eigenvalue weighted by molar-refractivity contribution is 6.24. The lowest BCUT2D eigenvalue weighted by atomic mass is 9.75. The van der Waals surface area contributed by atoms with Crippen LogP contribution in [0.3, 0.4) is 0 Å². The lowest BCUT2D eigenvalue weighted by Crippen LogP contribution is -2.25. The summed E-state index contributed by atoms with van der Waals surface area (Å²) in [6.07, 6.45) is 18.5. The Morgan fingerprint density at radius 3 is 1.72 bits per heavy atom. The maximum atomic E-state index is 5.17. The number of hydrogen-bond donors (Lipinski definition) is 0. The van der Waals surface area contributed by atoms with Crippen molar-refractivity contribution in [1.29, 1.82) is 0 Å². The second kappa shape index (κ2) is 17.8. The van der Waals surface area contributed by atoms with Crippen LogP contribution in [-0.4, -0.2) is 4.98 Å². The molecule has 3 heteroatoms. The molecule has 0 fully saturated rings. The van der Waals surface area contributed by atoms with Crippen LogP contribution in [-0.2, 0) is 10.8 Å². The quantitative estimate of drug-likeness (QED) is 0.151. The smallest absolute Gasteiger partial charge is 0.0703 e. The second-order valence-electron chi connectivity index (χ2n) is 22.5. The van der Waals surface area contributed by atoms with Crippen LogP contribution < -0.4 is 15.0 Å². The highest BCUT2D eigenvalue weighted by atomic mass is 15.2. The van der Waals surface area contributed by atoms with Gasteiger partial charge in [-0.1, -0.05) is 174 Å². The molecule has 14 rings (SSSR count). The number of benzene rings is 9. The third kappa shape index (κ3) is 7.12. The Balaban J connectivity index is 0.877. The number of pyridine rings is 1. The first kappa shape index (κ1) is 46.0. The summed E-state index contributed by atoms with van der Waals surface area (Å²) in [6, 6.07) is 69.0. The number of fused-ring (bicyclic) bond motifs is 10. The minimum atomic E-state index is -0.257. The third-order valence-electron chi connectivity index (χ3n) is 17.4. The van der Waals surface area contributed by atoms with Crippen LogP contribution in [0.2, 0.25) is 0 Å². The fourth-order valence-corrected chi connectivity index (χ4v) is 13.8. The first-order valence-electron chi connectivity index (χ1n) is 27.4. The fourth-order valence-electron chi connectivity index (χ4n) is 13.8. The number of para-hydroxylation sites is 4. The summed E-state index contributed by atoms with van der Waals surface area (Å²) in [5, 5.41) is 6.93. The van der Waals surface area contributed by atoms with Gasteiger partial charge in [0.05, 0.1) is 17.6 Å². The molecule has 4 aliphatic carbocycles. The molecule has 0 bridgehead atoms. The number of anilines is 5. The van der Waals surface area contributed by atoms with Crippen molar-refractivity contribution < 1.29 is 0 Å². The number of rotatable bonds is 8. The molecule has 0 aliphatic heterocycles. The van der Waals surface area contributed by atoms with Crippen molar-refractivity contribution in [3.05, 3.63) is 257 Å². The van der Waals surface area contributed by atoms with Crippen molar-refractivity contribution in [2.75, 3.05) is 9.80 Å². The van der Waals surface area contributed by atoms with Gasteiger partial charge in [0.25, 0.3) is 0 Å². The maximum absolute atomic E-state index is 5.17. The molecule has 1 unspecified atom stereocenters. The largest absolute Gasteiger partial charge is 0.314 e. The number of nitrogens with zero attached hydrogens (tertiary/aromatic N) is 3. The summed E-state index contributed by atoms with van der Waals surface area (Å²) in [7, 11) is 0. The molecule has 0 N–H and O–H groups in total. The molecule has 10 aromatic rings. The number of aromatic nitrogens is 1. The van der Waals surface area contributed by atoms with E-state index in [1.807, 2.05) is 6.20 Å². The van der Waals surface area contributed by atoms with Gasteiger partial charge in [0, 0.05) is 44.8 Å². The van der Waals surface area contributed by atoms with Gasteiger partial charge < -0.3 is 9.80 Å². The van der Waals surface area contributed by atoms with E-state index in [0.29, 0.717) is 5.92 Å². The zero-order valence-corrected chi connectivity index (χ0v) is 44.1. The highest BCUT2D eigenvalue weighted by Gasteiger charge is 2.43. The average Bonchev–Trinajstić information content (AvgIpc) is 3.96. The fraction of sp³-hybridized carbons (Fsp3) is 0.164. The second-order valence-corrected chi connectivity index (χ2v) is 22.5. The molecule has 4 aliphatic rings. The summed E-state index contributed by atoms with van der Waals surface area (Å²) >= 11 is 0. The van der Waals surface area contributed by atoms with Crippen molar-refractivity contribution in [2.24, 2.45) is 5.92 Å². The Labute approximate surface area is 447 Å². The van der Waals surface area contributed by atoms with Gasteiger partial charge in [0.1, 0.15) is 0 Å². The summed E-state index contributed by atoms with van der Waals surface area (Å²) in [4.78, 5) is 9.91. The van der Waals surface area contributed by atoms with Crippen LogP contribution in [0.25, 0.3) is 72.8 Å². The third-order valence-corrected chi connectivity index (χ3v) is 17.4. The van der Waals surface area contributed by atoms with Crippen molar-refractivity contribution in [3.8, 4) is 33.5 Å². The molecule has 1 aromatic heterocycles. The van der Waals surface area contributed by atoms with Crippen LogP contribution in [0.5, 0.6) is 0 Å². The zero-order valence-electron chi connectivity index (χ0n) is 44.1. The van der Waals surface area contributed by atoms with E-state index in [9.17, 15) is 0 Å². The van der Waals surface area contributed by atoms with Gasteiger partial charge >= 0.3 is 0 Å². The van der Waals surface area contributed by atoms with Crippen LogP contribution in [0, 0.1) is 5.92 Å². The molecular weight excluding hydrogens is 919 g/mol. The predicted octanol–water partition coefficient (Wildman–Crippen LogP) is 19.0. The van der Waals surface area contributed by atoms with Crippen molar-refractivity contribution in [1.82, 2.24) is 4.98 Å². The van der Waals surface area contributed by atoms with Crippen molar-refractivity contribution >= 4 is 67.7 Å². The van der Waals surface area contributed by atoms with E-state index < -0.39 is 0 Å². The molecule has 1 atom stereocenters. The van der Waals surface area contributed by atoms with Gasteiger partial charge in [-0.25, -0.2) is 0 Å².